The lowest BCUT2D eigenvalue weighted by molar-refractivity contribution is -0.122. The molecule has 0 unspecified atom stereocenters. The number of carbonyl (C=O) groups is 1. The van der Waals surface area contributed by atoms with Crippen LogP contribution in [0.2, 0.25) is 0 Å². The standard InChI is InChI=1S/C19H21Br2NO2/c1-3-4-5-14-6-9-16(10-7-14)22-19(23)13(2)24-18-11-8-15(20)12-17(18)21/h6-13H,3-5H2,1-2H3,(H,22,23)/t13-/m1/s1. The van der Waals surface area contributed by atoms with Crippen molar-refractivity contribution in [2.24, 2.45) is 0 Å². The minimum absolute atomic E-state index is 0.175. The van der Waals surface area contributed by atoms with Crippen LogP contribution < -0.4 is 10.1 Å². The van der Waals surface area contributed by atoms with Gasteiger partial charge in [-0.15, -0.1) is 0 Å². The first-order valence-corrected chi connectivity index (χ1v) is 9.59. The van der Waals surface area contributed by atoms with Gasteiger partial charge in [-0.05, 0) is 71.6 Å². The van der Waals surface area contributed by atoms with Crippen molar-refractivity contribution in [2.75, 3.05) is 5.32 Å². The molecule has 0 saturated heterocycles. The molecule has 128 valence electrons. The zero-order valence-corrected chi connectivity index (χ0v) is 17.0. The molecule has 0 heterocycles. The van der Waals surface area contributed by atoms with Crippen molar-refractivity contribution in [3.05, 3.63) is 57.0 Å². The van der Waals surface area contributed by atoms with Gasteiger partial charge in [0.25, 0.3) is 5.91 Å². The molecule has 2 rings (SSSR count). The average Bonchev–Trinajstić information content (AvgIpc) is 2.56. The second-order valence-electron chi connectivity index (χ2n) is 5.62. The van der Waals surface area contributed by atoms with Gasteiger partial charge in [-0.2, -0.15) is 0 Å². The van der Waals surface area contributed by atoms with Gasteiger partial charge in [0.1, 0.15) is 5.75 Å². The number of hydrogen-bond donors (Lipinski definition) is 1. The van der Waals surface area contributed by atoms with E-state index in [9.17, 15) is 4.79 Å². The van der Waals surface area contributed by atoms with E-state index >= 15 is 0 Å². The summed E-state index contributed by atoms with van der Waals surface area (Å²) in [6.45, 7) is 3.92. The van der Waals surface area contributed by atoms with Crippen molar-refractivity contribution in [2.45, 2.75) is 39.2 Å². The Bertz CT molecular complexity index is 686. The summed E-state index contributed by atoms with van der Waals surface area (Å²) in [6.07, 6.45) is 2.83. The third-order valence-electron chi connectivity index (χ3n) is 3.61. The summed E-state index contributed by atoms with van der Waals surface area (Å²) in [6, 6.07) is 13.6. The Morgan fingerprint density at radius 2 is 1.88 bits per heavy atom. The number of aryl methyl sites for hydroxylation is 1. The number of carbonyl (C=O) groups excluding carboxylic acids is 1. The first kappa shape index (κ1) is 19.0. The number of hydrogen-bond acceptors (Lipinski definition) is 2. The van der Waals surface area contributed by atoms with Crippen molar-refractivity contribution in [3.63, 3.8) is 0 Å². The van der Waals surface area contributed by atoms with Crippen molar-refractivity contribution in [1.82, 2.24) is 0 Å². The van der Waals surface area contributed by atoms with Crippen molar-refractivity contribution >= 4 is 43.5 Å². The number of ether oxygens (including phenoxy) is 1. The van der Waals surface area contributed by atoms with Crippen LogP contribution in [-0.4, -0.2) is 12.0 Å². The summed E-state index contributed by atoms with van der Waals surface area (Å²) in [5.74, 6) is 0.460. The Balaban J connectivity index is 1.93. The van der Waals surface area contributed by atoms with E-state index in [-0.39, 0.29) is 5.91 Å². The summed E-state index contributed by atoms with van der Waals surface area (Å²) in [7, 11) is 0. The highest BCUT2D eigenvalue weighted by Gasteiger charge is 2.16. The molecule has 1 amide bonds. The molecule has 3 nitrogen and oxygen atoms in total. The SMILES string of the molecule is CCCCc1ccc(NC(=O)[C@@H](C)Oc2ccc(Br)cc2Br)cc1. The maximum absolute atomic E-state index is 12.3. The lowest BCUT2D eigenvalue weighted by Crippen LogP contribution is -2.30. The molecule has 0 aliphatic rings. The summed E-state index contributed by atoms with van der Waals surface area (Å²) < 4.78 is 7.48. The zero-order chi connectivity index (χ0) is 17.5. The fourth-order valence-electron chi connectivity index (χ4n) is 2.19. The summed E-state index contributed by atoms with van der Waals surface area (Å²) in [5.41, 5.74) is 2.07. The molecule has 0 spiro atoms. The van der Waals surface area contributed by atoms with Gasteiger partial charge in [0.05, 0.1) is 4.47 Å². The first-order chi connectivity index (χ1) is 11.5. The maximum atomic E-state index is 12.3. The van der Waals surface area contributed by atoms with Crippen LogP contribution in [0.3, 0.4) is 0 Å². The van der Waals surface area contributed by atoms with E-state index in [4.69, 9.17) is 4.74 Å². The van der Waals surface area contributed by atoms with Crippen LogP contribution in [0, 0.1) is 0 Å². The van der Waals surface area contributed by atoms with Crippen molar-refractivity contribution in [1.29, 1.82) is 0 Å². The van der Waals surface area contributed by atoms with Crippen LogP contribution in [0.1, 0.15) is 32.3 Å². The van der Waals surface area contributed by atoms with Gasteiger partial charge in [-0.25, -0.2) is 0 Å². The highest BCUT2D eigenvalue weighted by Crippen LogP contribution is 2.29. The molecular formula is C19H21Br2NO2. The van der Waals surface area contributed by atoms with Gasteiger partial charge in [0.15, 0.2) is 6.10 Å². The number of anilines is 1. The number of unbranched alkanes of at least 4 members (excludes halogenated alkanes) is 1. The van der Waals surface area contributed by atoms with Crippen LogP contribution in [0.4, 0.5) is 5.69 Å². The third kappa shape index (κ3) is 5.64. The molecule has 24 heavy (non-hydrogen) atoms. The normalized spacial score (nSPS) is 11.8. The van der Waals surface area contributed by atoms with Gasteiger partial charge in [-0.3, -0.25) is 4.79 Å². The molecule has 0 bridgehead atoms. The van der Waals surface area contributed by atoms with Gasteiger partial charge in [0, 0.05) is 10.2 Å². The molecule has 1 N–H and O–H groups in total. The van der Waals surface area contributed by atoms with E-state index in [1.807, 2.05) is 30.3 Å². The van der Waals surface area contributed by atoms with E-state index < -0.39 is 6.10 Å². The fourth-order valence-corrected chi connectivity index (χ4v) is 3.33. The molecule has 0 saturated carbocycles. The molecule has 2 aromatic rings. The monoisotopic (exact) mass is 453 g/mol. The van der Waals surface area contributed by atoms with E-state index in [0.29, 0.717) is 5.75 Å². The highest BCUT2D eigenvalue weighted by atomic mass is 79.9. The largest absolute Gasteiger partial charge is 0.480 e. The molecule has 2 aromatic carbocycles. The summed E-state index contributed by atoms with van der Waals surface area (Å²) >= 11 is 6.83. The molecule has 0 radical (unpaired) electrons. The Hall–Kier alpha value is -1.33. The van der Waals surface area contributed by atoms with Crippen molar-refractivity contribution in [3.8, 4) is 5.75 Å². The van der Waals surface area contributed by atoms with E-state index in [2.05, 4.69) is 56.2 Å². The Labute approximate surface area is 160 Å². The maximum Gasteiger partial charge on any atom is 0.265 e. The quantitative estimate of drug-likeness (QED) is 0.560. The van der Waals surface area contributed by atoms with Gasteiger partial charge >= 0.3 is 0 Å². The molecule has 0 aliphatic heterocycles. The predicted octanol–water partition coefficient (Wildman–Crippen LogP) is 5.96. The van der Waals surface area contributed by atoms with Crippen LogP contribution >= 0.6 is 31.9 Å². The minimum atomic E-state index is -0.595. The second kappa shape index (κ2) is 9.23. The number of rotatable bonds is 7. The van der Waals surface area contributed by atoms with Gasteiger partial charge in [-0.1, -0.05) is 41.4 Å². The number of amides is 1. The minimum Gasteiger partial charge on any atom is -0.480 e. The smallest absolute Gasteiger partial charge is 0.265 e. The third-order valence-corrected chi connectivity index (χ3v) is 4.72. The molecule has 0 fully saturated rings. The van der Waals surface area contributed by atoms with Crippen molar-refractivity contribution < 1.29 is 9.53 Å². The fraction of sp³-hybridized carbons (Fsp3) is 0.316. The molecule has 0 aromatic heterocycles. The second-order valence-corrected chi connectivity index (χ2v) is 7.39. The van der Waals surface area contributed by atoms with E-state index in [1.54, 1.807) is 6.92 Å². The summed E-state index contributed by atoms with van der Waals surface area (Å²) in [5, 5.41) is 2.89. The highest BCUT2D eigenvalue weighted by molar-refractivity contribution is 9.11. The molecule has 5 heteroatoms. The number of nitrogens with one attached hydrogen (secondary N) is 1. The lowest BCUT2D eigenvalue weighted by Gasteiger charge is -2.16. The molecular weight excluding hydrogens is 434 g/mol. The average molecular weight is 455 g/mol. The molecule has 0 aliphatic carbocycles. The lowest BCUT2D eigenvalue weighted by atomic mass is 10.1. The van der Waals surface area contributed by atoms with Gasteiger partial charge in [0.2, 0.25) is 0 Å². The van der Waals surface area contributed by atoms with E-state index in [0.717, 1.165) is 21.1 Å². The Morgan fingerprint density at radius 3 is 2.50 bits per heavy atom. The van der Waals surface area contributed by atoms with Crippen LogP contribution in [-0.2, 0) is 11.2 Å². The Kier molecular flexibility index (Phi) is 7.31. The van der Waals surface area contributed by atoms with Crippen LogP contribution in [0.25, 0.3) is 0 Å². The Morgan fingerprint density at radius 1 is 1.17 bits per heavy atom. The van der Waals surface area contributed by atoms with Crippen LogP contribution in [0.15, 0.2) is 51.4 Å². The molecule has 1 atom stereocenters. The predicted molar refractivity (Wildman–Crippen MR) is 106 cm³/mol. The zero-order valence-electron chi connectivity index (χ0n) is 13.8. The topological polar surface area (TPSA) is 38.3 Å². The number of benzene rings is 2. The first-order valence-electron chi connectivity index (χ1n) is 8.01. The number of halogens is 2. The summed E-state index contributed by atoms with van der Waals surface area (Å²) in [4.78, 5) is 12.3. The van der Waals surface area contributed by atoms with E-state index in [1.165, 1.54) is 18.4 Å². The van der Waals surface area contributed by atoms with Crippen LogP contribution in [0.5, 0.6) is 5.75 Å². The van der Waals surface area contributed by atoms with Gasteiger partial charge < -0.3 is 10.1 Å².